The van der Waals surface area contributed by atoms with E-state index in [1.165, 1.54) is 31.4 Å². The molecule has 0 radical (unpaired) electrons. The second-order valence-electron chi connectivity index (χ2n) is 7.43. The summed E-state index contributed by atoms with van der Waals surface area (Å²) in [6, 6.07) is 11.1. The fourth-order valence-corrected chi connectivity index (χ4v) is 3.69. The number of hydrogen-bond acceptors (Lipinski definition) is 4. The van der Waals surface area contributed by atoms with Crippen LogP contribution in [-0.4, -0.2) is 53.2 Å². The summed E-state index contributed by atoms with van der Waals surface area (Å²) in [5.41, 5.74) is -2.20. The SMILES string of the molecule is COc1ccc2c(CCN3C(=O)NC(NC(=O)c4ccccc4)(C(F)(F)F)C3=O)c[nH]c2c1. The van der Waals surface area contributed by atoms with E-state index in [1.807, 2.05) is 0 Å². The third-order valence-electron chi connectivity index (χ3n) is 5.45. The predicted molar refractivity (Wildman–Crippen MR) is 111 cm³/mol. The zero-order chi connectivity index (χ0) is 23.8. The van der Waals surface area contributed by atoms with Gasteiger partial charge in [-0.15, -0.1) is 0 Å². The Labute approximate surface area is 185 Å². The zero-order valence-electron chi connectivity index (χ0n) is 17.3. The number of halogens is 3. The van der Waals surface area contributed by atoms with E-state index in [4.69, 9.17) is 4.74 Å². The van der Waals surface area contributed by atoms with Gasteiger partial charge < -0.3 is 15.0 Å². The number of carbonyl (C=O) groups is 3. The van der Waals surface area contributed by atoms with Gasteiger partial charge >= 0.3 is 12.2 Å². The van der Waals surface area contributed by atoms with Crippen molar-refractivity contribution in [2.24, 2.45) is 0 Å². The highest BCUT2D eigenvalue weighted by Gasteiger charge is 2.68. The number of benzene rings is 2. The lowest BCUT2D eigenvalue weighted by atomic mass is 10.1. The molecule has 2 heterocycles. The number of rotatable bonds is 6. The van der Waals surface area contributed by atoms with Crippen molar-refractivity contribution in [3.05, 3.63) is 65.9 Å². The van der Waals surface area contributed by atoms with E-state index in [9.17, 15) is 27.6 Å². The van der Waals surface area contributed by atoms with Crippen molar-refractivity contribution in [3.8, 4) is 5.75 Å². The molecular weight excluding hydrogens is 441 g/mol. The molecule has 1 aromatic heterocycles. The van der Waals surface area contributed by atoms with Crippen LogP contribution in [0.4, 0.5) is 18.0 Å². The van der Waals surface area contributed by atoms with Crippen molar-refractivity contribution >= 4 is 28.7 Å². The number of H-pyrrole nitrogens is 1. The fraction of sp³-hybridized carbons (Fsp3) is 0.227. The van der Waals surface area contributed by atoms with Crippen molar-refractivity contribution in [1.82, 2.24) is 20.5 Å². The van der Waals surface area contributed by atoms with E-state index < -0.39 is 29.7 Å². The third kappa shape index (κ3) is 3.86. The summed E-state index contributed by atoms with van der Waals surface area (Å²) in [5.74, 6) is -2.12. The first-order valence-electron chi connectivity index (χ1n) is 9.88. The van der Waals surface area contributed by atoms with Crippen LogP contribution in [-0.2, 0) is 11.2 Å². The Bertz CT molecular complexity index is 1230. The monoisotopic (exact) mass is 460 g/mol. The van der Waals surface area contributed by atoms with Crippen LogP contribution in [0, 0.1) is 0 Å². The number of aromatic nitrogens is 1. The quantitative estimate of drug-likeness (QED) is 0.492. The smallest absolute Gasteiger partial charge is 0.440 e. The molecule has 33 heavy (non-hydrogen) atoms. The first-order valence-corrected chi connectivity index (χ1v) is 9.88. The lowest BCUT2D eigenvalue weighted by molar-refractivity contribution is -0.200. The molecule has 1 aliphatic rings. The first kappa shape index (κ1) is 22.2. The molecule has 0 aliphatic carbocycles. The zero-order valence-corrected chi connectivity index (χ0v) is 17.3. The van der Waals surface area contributed by atoms with Crippen molar-refractivity contribution < 1.29 is 32.3 Å². The number of methoxy groups -OCH3 is 1. The molecule has 3 N–H and O–H groups in total. The lowest BCUT2D eigenvalue weighted by Crippen LogP contribution is -2.69. The number of alkyl halides is 3. The van der Waals surface area contributed by atoms with Gasteiger partial charge in [0, 0.05) is 35.3 Å². The normalized spacial score (nSPS) is 18.5. The molecular formula is C22H19F3N4O4. The molecule has 1 fully saturated rings. The number of imide groups is 1. The largest absolute Gasteiger partial charge is 0.497 e. The number of fused-ring (bicyclic) bond motifs is 1. The molecule has 1 atom stereocenters. The molecule has 2 aromatic carbocycles. The van der Waals surface area contributed by atoms with Crippen molar-refractivity contribution in [2.75, 3.05) is 13.7 Å². The standard InChI is InChI=1S/C22H19F3N4O4/c1-33-15-7-8-16-14(12-26-17(16)11-15)9-10-29-19(31)21(22(23,24)25,28-20(29)32)27-18(30)13-5-3-2-4-6-13/h2-8,11-12,26H,9-10H2,1H3,(H,27,30)(H,28,32). The van der Waals surface area contributed by atoms with E-state index >= 15 is 0 Å². The maximum Gasteiger partial charge on any atom is 0.440 e. The van der Waals surface area contributed by atoms with E-state index in [-0.39, 0.29) is 18.5 Å². The Morgan fingerprint density at radius 2 is 1.88 bits per heavy atom. The average molecular weight is 460 g/mol. The third-order valence-corrected chi connectivity index (χ3v) is 5.45. The van der Waals surface area contributed by atoms with Crippen LogP contribution in [0.25, 0.3) is 10.9 Å². The van der Waals surface area contributed by atoms with Gasteiger partial charge in [-0.3, -0.25) is 19.8 Å². The van der Waals surface area contributed by atoms with Crippen LogP contribution in [0.5, 0.6) is 5.75 Å². The number of aromatic amines is 1. The van der Waals surface area contributed by atoms with E-state index in [1.54, 1.807) is 41.1 Å². The number of nitrogens with zero attached hydrogens (tertiary/aromatic N) is 1. The van der Waals surface area contributed by atoms with Gasteiger partial charge in [0.2, 0.25) is 0 Å². The number of hydrogen-bond donors (Lipinski definition) is 3. The number of ether oxygens (including phenoxy) is 1. The Hall–Kier alpha value is -4.02. The van der Waals surface area contributed by atoms with Gasteiger partial charge in [0.15, 0.2) is 0 Å². The van der Waals surface area contributed by atoms with E-state index in [0.29, 0.717) is 16.2 Å². The molecule has 8 nitrogen and oxygen atoms in total. The summed E-state index contributed by atoms with van der Waals surface area (Å²) in [5, 5.41) is 4.11. The van der Waals surface area contributed by atoms with Gasteiger partial charge in [0.05, 0.1) is 7.11 Å². The van der Waals surface area contributed by atoms with Gasteiger partial charge in [-0.1, -0.05) is 18.2 Å². The summed E-state index contributed by atoms with van der Waals surface area (Å²) in [6.45, 7) is -0.317. The molecule has 4 rings (SSSR count). The van der Waals surface area contributed by atoms with Gasteiger partial charge in [-0.25, -0.2) is 4.79 Å². The van der Waals surface area contributed by atoms with E-state index in [2.05, 4.69) is 4.98 Å². The molecule has 11 heteroatoms. The summed E-state index contributed by atoms with van der Waals surface area (Å²) < 4.78 is 47.1. The topological polar surface area (TPSA) is 104 Å². The minimum Gasteiger partial charge on any atom is -0.497 e. The second kappa shape index (κ2) is 8.15. The molecule has 4 amide bonds. The minimum atomic E-state index is -5.27. The average Bonchev–Trinajstić information content (AvgIpc) is 3.30. The molecule has 3 aromatic rings. The van der Waals surface area contributed by atoms with Gasteiger partial charge in [0.1, 0.15) is 5.75 Å². The Kier molecular flexibility index (Phi) is 5.48. The van der Waals surface area contributed by atoms with Crippen LogP contribution in [0.3, 0.4) is 0 Å². The highest BCUT2D eigenvalue weighted by molar-refractivity contribution is 6.10. The van der Waals surface area contributed by atoms with Crippen LogP contribution < -0.4 is 15.4 Å². The Balaban J connectivity index is 1.56. The fourth-order valence-electron chi connectivity index (χ4n) is 3.69. The highest BCUT2D eigenvalue weighted by Crippen LogP contribution is 2.34. The summed E-state index contributed by atoms with van der Waals surface area (Å²) in [7, 11) is 1.52. The molecule has 0 bridgehead atoms. The lowest BCUT2D eigenvalue weighted by Gasteiger charge is -2.29. The highest BCUT2D eigenvalue weighted by atomic mass is 19.4. The maximum atomic E-state index is 14.0. The second-order valence-corrected chi connectivity index (χ2v) is 7.43. The molecule has 0 saturated carbocycles. The number of urea groups is 1. The summed E-state index contributed by atoms with van der Waals surface area (Å²) in [6.07, 6.45) is -3.51. The number of carbonyl (C=O) groups excluding carboxylic acids is 3. The summed E-state index contributed by atoms with van der Waals surface area (Å²) >= 11 is 0. The first-order chi connectivity index (χ1) is 15.7. The van der Waals surface area contributed by atoms with Crippen molar-refractivity contribution in [2.45, 2.75) is 18.3 Å². The van der Waals surface area contributed by atoms with Crippen molar-refractivity contribution in [1.29, 1.82) is 0 Å². The minimum absolute atomic E-state index is 0.0872. The van der Waals surface area contributed by atoms with Crippen LogP contribution >= 0.6 is 0 Å². The molecule has 0 spiro atoms. The number of amides is 4. The maximum absolute atomic E-state index is 14.0. The molecule has 1 unspecified atom stereocenters. The van der Waals surface area contributed by atoms with Gasteiger partial charge in [-0.05, 0) is 36.2 Å². The van der Waals surface area contributed by atoms with Crippen molar-refractivity contribution in [3.63, 3.8) is 0 Å². The van der Waals surface area contributed by atoms with E-state index in [0.717, 1.165) is 10.9 Å². The van der Waals surface area contributed by atoms with Crippen LogP contribution in [0.1, 0.15) is 15.9 Å². The molecule has 1 aliphatic heterocycles. The van der Waals surface area contributed by atoms with Crippen LogP contribution in [0.15, 0.2) is 54.7 Å². The van der Waals surface area contributed by atoms with Crippen LogP contribution in [0.2, 0.25) is 0 Å². The molecule has 1 saturated heterocycles. The predicted octanol–water partition coefficient (Wildman–Crippen LogP) is 2.96. The summed E-state index contributed by atoms with van der Waals surface area (Å²) in [4.78, 5) is 41.1. The number of nitrogens with one attached hydrogen (secondary N) is 3. The Morgan fingerprint density at radius 1 is 1.15 bits per heavy atom. The molecule has 172 valence electrons. The Morgan fingerprint density at radius 3 is 2.55 bits per heavy atom. The van der Waals surface area contributed by atoms with Gasteiger partial charge in [0.25, 0.3) is 17.5 Å². The van der Waals surface area contributed by atoms with Gasteiger partial charge in [-0.2, -0.15) is 13.2 Å².